The first-order chi connectivity index (χ1) is 10.3. The lowest BCUT2D eigenvalue weighted by atomic mass is 9.64. The van der Waals surface area contributed by atoms with Crippen LogP contribution < -0.4 is 0 Å². The van der Waals surface area contributed by atoms with E-state index >= 15 is 0 Å². The van der Waals surface area contributed by atoms with Gasteiger partial charge in [-0.05, 0) is 58.4 Å². The third-order valence-corrected chi connectivity index (χ3v) is 5.34. The minimum Gasteiger partial charge on any atom is -0.0642 e. The van der Waals surface area contributed by atoms with E-state index < -0.39 is 0 Å². The van der Waals surface area contributed by atoms with E-state index in [1.165, 1.54) is 33.4 Å². The van der Waals surface area contributed by atoms with E-state index in [1.54, 1.807) is 0 Å². The van der Waals surface area contributed by atoms with Crippen molar-refractivity contribution in [1.82, 2.24) is 0 Å². The number of fused-ring (bicyclic) bond motifs is 4. The van der Waals surface area contributed by atoms with E-state index in [9.17, 15) is 0 Å². The molecule has 2 aromatic carbocycles. The Kier molecular flexibility index (Phi) is 2.68. The summed E-state index contributed by atoms with van der Waals surface area (Å²) in [6.45, 7) is 4.65. The van der Waals surface area contributed by atoms with Crippen LogP contribution in [0.4, 0.5) is 0 Å². The average Bonchev–Trinajstić information content (AvgIpc) is 2.92. The predicted molar refractivity (Wildman–Crippen MR) is 91.0 cm³/mol. The zero-order valence-electron chi connectivity index (χ0n) is 12.7. The molecule has 2 aliphatic carbocycles. The van der Waals surface area contributed by atoms with Crippen LogP contribution in [0, 0.1) is 0 Å². The van der Waals surface area contributed by atoms with Crippen molar-refractivity contribution in [2.75, 3.05) is 0 Å². The first-order valence-corrected chi connectivity index (χ1v) is 7.93. The normalized spacial score (nSPS) is 17.4. The van der Waals surface area contributed by atoms with E-state index in [0.29, 0.717) is 0 Å². The van der Waals surface area contributed by atoms with Crippen LogP contribution in [-0.4, -0.2) is 0 Å². The maximum atomic E-state index is 2.42. The van der Waals surface area contributed by atoms with E-state index in [4.69, 9.17) is 0 Å². The second-order valence-corrected chi connectivity index (χ2v) is 6.08. The van der Waals surface area contributed by atoms with E-state index in [2.05, 4.69) is 74.5 Å². The molecule has 0 atom stereocenters. The molecule has 0 nitrogen and oxygen atoms in total. The van der Waals surface area contributed by atoms with Crippen LogP contribution in [0.3, 0.4) is 0 Å². The number of benzene rings is 2. The summed E-state index contributed by atoms with van der Waals surface area (Å²) in [5.41, 5.74) is 8.79. The van der Waals surface area contributed by atoms with Crippen LogP contribution in [-0.2, 0) is 5.41 Å². The monoisotopic (exact) mass is 272 g/mol. The molecule has 0 spiro atoms. The zero-order chi connectivity index (χ0) is 14.4. The van der Waals surface area contributed by atoms with Crippen LogP contribution in [0.15, 0.2) is 54.1 Å². The molecule has 104 valence electrons. The minimum absolute atomic E-state index is 0.166. The van der Waals surface area contributed by atoms with E-state index in [-0.39, 0.29) is 5.41 Å². The Morgan fingerprint density at radius 3 is 2.19 bits per heavy atom. The molecule has 0 fully saturated rings. The molecule has 2 aliphatic rings. The molecule has 0 saturated heterocycles. The summed E-state index contributed by atoms with van der Waals surface area (Å²) < 4.78 is 0. The Hall–Kier alpha value is -2.08. The predicted octanol–water partition coefficient (Wildman–Crippen LogP) is 5.70. The Morgan fingerprint density at radius 1 is 0.762 bits per heavy atom. The second-order valence-electron chi connectivity index (χ2n) is 6.08. The van der Waals surface area contributed by atoms with Gasteiger partial charge in [-0.3, -0.25) is 0 Å². The Morgan fingerprint density at radius 2 is 1.43 bits per heavy atom. The van der Waals surface area contributed by atoms with Crippen molar-refractivity contribution < 1.29 is 0 Å². The van der Waals surface area contributed by atoms with Crippen molar-refractivity contribution in [1.29, 1.82) is 0 Å². The Labute approximate surface area is 126 Å². The van der Waals surface area contributed by atoms with Gasteiger partial charge >= 0.3 is 0 Å². The molecular formula is C21H20. The first-order valence-electron chi connectivity index (χ1n) is 7.93. The van der Waals surface area contributed by atoms with Gasteiger partial charge in [-0.1, -0.05) is 62.4 Å². The molecule has 4 rings (SSSR count). The lowest BCUT2D eigenvalue weighted by molar-refractivity contribution is 0.480. The lowest BCUT2D eigenvalue weighted by Gasteiger charge is -2.39. The summed E-state index contributed by atoms with van der Waals surface area (Å²) in [6.07, 6.45) is 7.11. The van der Waals surface area contributed by atoms with Crippen LogP contribution in [0.1, 0.15) is 48.9 Å². The van der Waals surface area contributed by atoms with Crippen molar-refractivity contribution in [3.63, 3.8) is 0 Å². The third-order valence-electron chi connectivity index (χ3n) is 5.34. The minimum atomic E-state index is 0.166. The van der Waals surface area contributed by atoms with Crippen LogP contribution >= 0.6 is 0 Å². The summed E-state index contributed by atoms with van der Waals surface area (Å²) in [5.74, 6) is 0. The van der Waals surface area contributed by atoms with Gasteiger partial charge in [-0.25, -0.2) is 0 Å². The lowest BCUT2D eigenvalue weighted by Crippen LogP contribution is -2.30. The number of allylic oxidation sites excluding steroid dienone is 2. The maximum Gasteiger partial charge on any atom is 0.0210 e. The van der Waals surface area contributed by atoms with Crippen molar-refractivity contribution >= 4 is 17.7 Å². The molecule has 0 saturated carbocycles. The van der Waals surface area contributed by atoms with Crippen LogP contribution in [0.2, 0.25) is 0 Å². The van der Waals surface area contributed by atoms with Crippen molar-refractivity contribution in [3.05, 3.63) is 76.4 Å². The van der Waals surface area contributed by atoms with Crippen molar-refractivity contribution in [3.8, 4) is 0 Å². The third kappa shape index (κ3) is 1.56. The topological polar surface area (TPSA) is 0 Å². The highest BCUT2D eigenvalue weighted by molar-refractivity contribution is 6.05. The fourth-order valence-electron chi connectivity index (χ4n) is 4.17. The summed E-state index contributed by atoms with van der Waals surface area (Å²) in [7, 11) is 0. The van der Waals surface area contributed by atoms with Gasteiger partial charge in [0.1, 0.15) is 0 Å². The fraction of sp³-hybridized carbons (Fsp3) is 0.238. The molecule has 21 heavy (non-hydrogen) atoms. The molecule has 0 radical (unpaired) electrons. The smallest absolute Gasteiger partial charge is 0.0210 e. The van der Waals surface area contributed by atoms with Gasteiger partial charge in [0, 0.05) is 5.41 Å². The van der Waals surface area contributed by atoms with E-state index in [0.717, 1.165) is 12.8 Å². The van der Waals surface area contributed by atoms with Gasteiger partial charge in [0.25, 0.3) is 0 Å². The van der Waals surface area contributed by atoms with Gasteiger partial charge in [-0.2, -0.15) is 0 Å². The number of hydrogen-bond donors (Lipinski definition) is 0. The van der Waals surface area contributed by atoms with Gasteiger partial charge in [-0.15, -0.1) is 0 Å². The molecule has 0 unspecified atom stereocenters. The molecule has 0 aliphatic heterocycles. The van der Waals surface area contributed by atoms with Crippen LogP contribution in [0.5, 0.6) is 0 Å². The molecule has 0 bridgehead atoms. The number of hydrogen-bond acceptors (Lipinski definition) is 0. The molecule has 0 amide bonds. The molecule has 0 aromatic heterocycles. The quantitative estimate of drug-likeness (QED) is 0.658. The van der Waals surface area contributed by atoms with Gasteiger partial charge in [0.2, 0.25) is 0 Å². The highest BCUT2D eigenvalue weighted by Gasteiger charge is 2.41. The van der Waals surface area contributed by atoms with Gasteiger partial charge in [0.15, 0.2) is 0 Å². The maximum absolute atomic E-state index is 2.42. The van der Waals surface area contributed by atoms with Crippen molar-refractivity contribution in [2.45, 2.75) is 32.1 Å². The fourth-order valence-corrected chi connectivity index (χ4v) is 4.17. The second kappa shape index (κ2) is 4.46. The highest BCUT2D eigenvalue weighted by Crippen LogP contribution is 2.54. The van der Waals surface area contributed by atoms with Crippen LogP contribution in [0.25, 0.3) is 17.7 Å². The first kappa shape index (κ1) is 12.6. The van der Waals surface area contributed by atoms with E-state index in [1.807, 2.05) is 0 Å². The summed E-state index contributed by atoms with van der Waals surface area (Å²) in [4.78, 5) is 0. The molecular weight excluding hydrogens is 252 g/mol. The van der Waals surface area contributed by atoms with Gasteiger partial charge < -0.3 is 0 Å². The summed E-state index contributed by atoms with van der Waals surface area (Å²) >= 11 is 0. The number of rotatable bonds is 2. The van der Waals surface area contributed by atoms with Gasteiger partial charge in [0.05, 0.1) is 0 Å². The highest BCUT2D eigenvalue weighted by atomic mass is 14.4. The SMILES string of the molecule is CCC1(CC)C2=Cc3ccccc3C2=Cc2ccccc21. The average molecular weight is 272 g/mol. The standard InChI is InChI=1S/C21H20/c1-3-21(4-2)19-12-8-6-10-16(19)13-18-17-11-7-5-9-15(17)14-20(18)21/h5-14H,3-4H2,1-2H3. The molecule has 2 aromatic rings. The zero-order valence-corrected chi connectivity index (χ0v) is 12.7. The summed E-state index contributed by atoms with van der Waals surface area (Å²) in [5, 5.41) is 0. The van der Waals surface area contributed by atoms with Crippen molar-refractivity contribution in [2.24, 2.45) is 0 Å². The largest absolute Gasteiger partial charge is 0.0642 e. The molecule has 0 N–H and O–H groups in total. The summed E-state index contributed by atoms with van der Waals surface area (Å²) in [6, 6.07) is 17.7. The molecule has 0 heteroatoms. The Balaban J connectivity index is 2.06. The molecule has 0 heterocycles. The Bertz CT molecular complexity index is 770.